The number of carbonyl (C=O) groups is 2. The van der Waals surface area contributed by atoms with Crippen LogP contribution in [0, 0.1) is 0 Å². The molecule has 5 nitrogen and oxygen atoms in total. The van der Waals surface area contributed by atoms with E-state index >= 15 is 0 Å². The molecule has 0 fully saturated rings. The van der Waals surface area contributed by atoms with Crippen LogP contribution in [-0.4, -0.2) is 31.9 Å². The molecule has 0 aromatic heterocycles. The maximum Gasteiger partial charge on any atom is 0.262 e. The zero-order valence-corrected chi connectivity index (χ0v) is 15.9. The Bertz CT molecular complexity index is 728. The van der Waals surface area contributed by atoms with E-state index in [1.54, 1.807) is 18.2 Å². The molecule has 0 saturated heterocycles. The van der Waals surface area contributed by atoms with Gasteiger partial charge >= 0.3 is 0 Å². The second-order valence-electron chi connectivity index (χ2n) is 5.36. The van der Waals surface area contributed by atoms with E-state index in [1.807, 2.05) is 24.3 Å². The first-order valence-corrected chi connectivity index (χ1v) is 8.89. The molecule has 2 aromatic carbocycles. The third kappa shape index (κ3) is 5.32. The Morgan fingerprint density at radius 2 is 1.84 bits per heavy atom. The number of nitrogens with zero attached hydrogens (tertiary/aromatic N) is 1. The average molecular weight is 405 g/mol. The van der Waals surface area contributed by atoms with Crippen molar-refractivity contribution >= 4 is 39.5 Å². The van der Waals surface area contributed by atoms with E-state index in [0.29, 0.717) is 23.3 Å². The Morgan fingerprint density at radius 3 is 2.44 bits per heavy atom. The van der Waals surface area contributed by atoms with Crippen molar-refractivity contribution < 1.29 is 14.3 Å². The van der Waals surface area contributed by atoms with Crippen LogP contribution in [0.3, 0.4) is 0 Å². The van der Waals surface area contributed by atoms with Crippen molar-refractivity contribution in [3.05, 3.63) is 52.5 Å². The van der Waals surface area contributed by atoms with E-state index in [0.717, 1.165) is 23.2 Å². The molecule has 1 N–H and O–H groups in total. The third-order valence-electron chi connectivity index (χ3n) is 3.74. The molecule has 1 amide bonds. The average Bonchev–Trinajstić information content (AvgIpc) is 2.63. The summed E-state index contributed by atoms with van der Waals surface area (Å²) in [6, 6.07) is 12.7. The Kier molecular flexibility index (Phi) is 7.01. The largest absolute Gasteiger partial charge is 0.483 e. The molecule has 0 aliphatic rings. The number of carbonyl (C=O) groups excluding carboxylic acids is 2. The van der Waals surface area contributed by atoms with Crippen molar-refractivity contribution in [3.8, 4) is 5.75 Å². The molecule has 0 atom stereocenters. The van der Waals surface area contributed by atoms with Crippen molar-refractivity contribution in [2.75, 3.05) is 29.9 Å². The first-order valence-electron chi connectivity index (χ1n) is 8.09. The number of benzene rings is 2. The van der Waals surface area contributed by atoms with Gasteiger partial charge in [-0.2, -0.15) is 0 Å². The van der Waals surface area contributed by atoms with Crippen LogP contribution in [0.1, 0.15) is 24.2 Å². The minimum Gasteiger partial charge on any atom is -0.483 e. The molecule has 0 aliphatic heterocycles. The summed E-state index contributed by atoms with van der Waals surface area (Å²) in [5.74, 6) is 0.0978. The summed E-state index contributed by atoms with van der Waals surface area (Å²) in [4.78, 5) is 25.3. The van der Waals surface area contributed by atoms with Gasteiger partial charge in [0.1, 0.15) is 5.75 Å². The van der Waals surface area contributed by atoms with Crippen LogP contribution in [0.25, 0.3) is 0 Å². The Morgan fingerprint density at radius 1 is 1.16 bits per heavy atom. The second-order valence-corrected chi connectivity index (χ2v) is 6.27. The number of anilines is 2. The maximum atomic E-state index is 12.0. The lowest BCUT2D eigenvalue weighted by atomic mass is 10.2. The molecule has 0 bridgehead atoms. The van der Waals surface area contributed by atoms with Gasteiger partial charge in [0.15, 0.2) is 12.9 Å². The van der Waals surface area contributed by atoms with Gasteiger partial charge in [0.05, 0.1) is 5.56 Å². The summed E-state index contributed by atoms with van der Waals surface area (Å²) >= 11 is 3.29. The Hall–Kier alpha value is -2.34. The van der Waals surface area contributed by atoms with Crippen LogP contribution >= 0.6 is 15.9 Å². The van der Waals surface area contributed by atoms with Gasteiger partial charge in [-0.25, -0.2) is 0 Å². The monoisotopic (exact) mass is 404 g/mol. The van der Waals surface area contributed by atoms with E-state index in [9.17, 15) is 9.59 Å². The van der Waals surface area contributed by atoms with E-state index in [4.69, 9.17) is 4.74 Å². The number of ether oxygens (including phenoxy) is 1. The summed E-state index contributed by atoms with van der Waals surface area (Å²) in [5, 5.41) is 2.78. The smallest absolute Gasteiger partial charge is 0.262 e. The van der Waals surface area contributed by atoms with Gasteiger partial charge in [0.25, 0.3) is 5.91 Å². The minimum atomic E-state index is -0.282. The summed E-state index contributed by atoms with van der Waals surface area (Å²) in [6.07, 6.45) is 0.698. The first kappa shape index (κ1) is 19.0. The van der Waals surface area contributed by atoms with Gasteiger partial charge in [0, 0.05) is 28.9 Å². The van der Waals surface area contributed by atoms with Crippen LogP contribution in [0.5, 0.6) is 5.75 Å². The van der Waals surface area contributed by atoms with Crippen LogP contribution in [0.2, 0.25) is 0 Å². The number of rotatable bonds is 8. The summed E-state index contributed by atoms with van der Waals surface area (Å²) in [7, 11) is 0. The maximum absolute atomic E-state index is 12.0. The van der Waals surface area contributed by atoms with Crippen molar-refractivity contribution in [2.24, 2.45) is 0 Å². The molecule has 132 valence electrons. The quantitative estimate of drug-likeness (QED) is 0.672. The van der Waals surface area contributed by atoms with Gasteiger partial charge in [-0.15, -0.1) is 0 Å². The highest BCUT2D eigenvalue weighted by Crippen LogP contribution is 2.22. The van der Waals surface area contributed by atoms with E-state index < -0.39 is 0 Å². The first-order chi connectivity index (χ1) is 12.1. The Labute approximate surface area is 156 Å². The predicted octanol–water partition coefficient (Wildman–Crippen LogP) is 4.13. The van der Waals surface area contributed by atoms with E-state index in [2.05, 4.69) is 40.0 Å². The highest BCUT2D eigenvalue weighted by Gasteiger charge is 2.08. The number of hydrogen-bond acceptors (Lipinski definition) is 4. The topological polar surface area (TPSA) is 58.6 Å². The van der Waals surface area contributed by atoms with E-state index in [1.165, 1.54) is 0 Å². The molecule has 2 aromatic rings. The van der Waals surface area contributed by atoms with E-state index in [-0.39, 0.29) is 12.5 Å². The molecule has 25 heavy (non-hydrogen) atoms. The Balaban J connectivity index is 1.93. The molecule has 2 rings (SSSR count). The van der Waals surface area contributed by atoms with Crippen molar-refractivity contribution in [2.45, 2.75) is 13.8 Å². The lowest BCUT2D eigenvalue weighted by molar-refractivity contribution is -0.118. The molecule has 0 saturated carbocycles. The summed E-state index contributed by atoms with van der Waals surface area (Å²) in [5.41, 5.74) is 2.21. The number of amides is 1. The number of nitrogens with one attached hydrogen (secondary N) is 1. The molecular weight excluding hydrogens is 384 g/mol. The number of hydrogen-bond donors (Lipinski definition) is 1. The SMILES string of the molecule is CCN(CC)c1ccc(NC(=O)COc2ccc(Br)cc2C=O)cc1. The third-order valence-corrected chi connectivity index (χ3v) is 4.23. The zero-order chi connectivity index (χ0) is 18.2. The van der Waals surface area contributed by atoms with Crippen molar-refractivity contribution in [3.63, 3.8) is 0 Å². The van der Waals surface area contributed by atoms with Crippen LogP contribution < -0.4 is 15.0 Å². The normalized spacial score (nSPS) is 10.2. The number of halogens is 1. The molecular formula is C19H21BrN2O3. The summed E-state index contributed by atoms with van der Waals surface area (Å²) < 4.78 is 6.22. The summed E-state index contributed by atoms with van der Waals surface area (Å²) in [6.45, 7) is 5.91. The standard InChI is InChI=1S/C19H21BrN2O3/c1-3-22(4-2)17-8-6-16(7-9-17)21-19(24)13-25-18-10-5-15(20)11-14(18)12-23/h5-12H,3-4,13H2,1-2H3,(H,21,24). The fourth-order valence-corrected chi connectivity index (χ4v) is 2.81. The van der Waals surface area contributed by atoms with Crippen molar-refractivity contribution in [1.82, 2.24) is 0 Å². The van der Waals surface area contributed by atoms with Gasteiger partial charge in [-0.05, 0) is 56.3 Å². The van der Waals surface area contributed by atoms with Crippen LogP contribution in [0.4, 0.5) is 11.4 Å². The van der Waals surface area contributed by atoms with Gasteiger partial charge in [-0.1, -0.05) is 15.9 Å². The lowest BCUT2D eigenvalue weighted by Crippen LogP contribution is -2.22. The van der Waals surface area contributed by atoms with Gasteiger partial charge < -0.3 is 15.0 Å². The second kappa shape index (κ2) is 9.22. The number of aldehydes is 1. The highest BCUT2D eigenvalue weighted by molar-refractivity contribution is 9.10. The molecule has 6 heteroatoms. The highest BCUT2D eigenvalue weighted by atomic mass is 79.9. The fraction of sp³-hybridized carbons (Fsp3) is 0.263. The molecule has 0 aliphatic carbocycles. The molecule has 0 radical (unpaired) electrons. The molecule has 0 unspecified atom stereocenters. The van der Waals surface area contributed by atoms with Gasteiger partial charge in [-0.3, -0.25) is 9.59 Å². The minimum absolute atomic E-state index is 0.166. The fourth-order valence-electron chi connectivity index (χ4n) is 2.43. The van der Waals surface area contributed by atoms with Crippen molar-refractivity contribution in [1.29, 1.82) is 0 Å². The lowest BCUT2D eigenvalue weighted by Gasteiger charge is -2.21. The molecule has 0 heterocycles. The molecule has 0 spiro atoms. The predicted molar refractivity (Wildman–Crippen MR) is 104 cm³/mol. The van der Waals surface area contributed by atoms with Crippen LogP contribution in [0.15, 0.2) is 46.9 Å². The van der Waals surface area contributed by atoms with Gasteiger partial charge in [0.2, 0.25) is 0 Å². The zero-order valence-electron chi connectivity index (χ0n) is 14.3. The van der Waals surface area contributed by atoms with Crippen LogP contribution in [-0.2, 0) is 4.79 Å².